The molecular weight excluding hydrogens is 492 g/mol. The Morgan fingerprint density at radius 2 is 1.46 bits per heavy atom. The largest absolute Gasteiger partial charge is 0.454 e. The van der Waals surface area contributed by atoms with Crippen molar-refractivity contribution < 1.29 is 10.4 Å². The maximum Gasteiger partial charge on any atom is 0.216 e. The van der Waals surface area contributed by atoms with Crippen LogP contribution in [0.2, 0.25) is 19.6 Å². The minimum absolute atomic E-state index is 0.424. The highest BCUT2D eigenvalue weighted by Gasteiger charge is 2.23. The van der Waals surface area contributed by atoms with E-state index in [2.05, 4.69) is 93.3 Å². The van der Waals surface area contributed by atoms with Crippen LogP contribution in [-0.2, 0) is 7.05 Å². The summed E-state index contributed by atoms with van der Waals surface area (Å²) < 4.78 is 16.9. The molecule has 0 fully saturated rings. The lowest BCUT2D eigenvalue weighted by atomic mass is 9.95. The number of nitrogens with zero attached hydrogens (tertiary/aromatic N) is 2. The maximum atomic E-state index is 10.1. The van der Waals surface area contributed by atoms with E-state index >= 15 is 0 Å². The van der Waals surface area contributed by atoms with E-state index in [0.717, 1.165) is 49.9 Å². The lowest BCUT2D eigenvalue weighted by Gasteiger charge is -2.17. The van der Waals surface area contributed by atoms with Gasteiger partial charge in [-0.1, -0.05) is 85.5 Å². The lowest BCUT2D eigenvalue weighted by Crippen LogP contribution is -2.37. The summed E-state index contributed by atoms with van der Waals surface area (Å²) in [6.07, 6.45) is 0.424. The molecule has 4 aromatic carbocycles. The maximum absolute atomic E-state index is 10.1. The molecule has 0 atom stereocenters. The van der Waals surface area contributed by atoms with E-state index in [9.17, 15) is 5.26 Å². The number of pyridine rings is 1. The fourth-order valence-corrected chi connectivity index (χ4v) is 6.61. The number of furan rings is 1. The molecule has 0 unspecified atom stereocenters. The van der Waals surface area contributed by atoms with Crippen LogP contribution in [0.25, 0.3) is 55.4 Å². The fourth-order valence-electron chi connectivity index (χ4n) is 5.42. The molecule has 0 spiro atoms. The van der Waals surface area contributed by atoms with Crippen LogP contribution < -0.4 is 9.75 Å². The van der Waals surface area contributed by atoms with Crippen LogP contribution in [0.4, 0.5) is 0 Å². The normalized spacial score (nSPS) is 12.1. The summed E-state index contributed by atoms with van der Waals surface area (Å²) in [5.74, 6) is 0. The van der Waals surface area contributed by atoms with Gasteiger partial charge in [-0.05, 0) is 47.4 Å². The third-order valence-electron chi connectivity index (χ3n) is 7.61. The van der Waals surface area contributed by atoms with Gasteiger partial charge >= 0.3 is 0 Å². The highest BCUT2D eigenvalue weighted by atomic mass is 28.3. The molecule has 6 aromatic rings. The van der Waals surface area contributed by atoms with Gasteiger partial charge in [0.2, 0.25) is 5.69 Å². The minimum atomic E-state index is -1.42. The van der Waals surface area contributed by atoms with Crippen LogP contribution in [0.3, 0.4) is 0 Å². The number of nitriles is 1. The second kappa shape index (κ2) is 9.38. The first-order chi connectivity index (χ1) is 19.2. The molecule has 0 saturated carbocycles. The summed E-state index contributed by atoms with van der Waals surface area (Å²) in [5.41, 5.74) is 9.12. The summed E-state index contributed by atoms with van der Waals surface area (Å²) in [5, 5.41) is 13.5. The smallest absolute Gasteiger partial charge is 0.216 e. The first-order valence-corrected chi connectivity index (χ1v) is 16.7. The van der Waals surface area contributed by atoms with Crippen molar-refractivity contribution in [1.82, 2.24) is 0 Å². The van der Waals surface area contributed by atoms with Gasteiger partial charge in [0.1, 0.15) is 19.6 Å². The molecule has 2 aromatic heterocycles. The molecule has 6 rings (SSSR count). The standard InChI is InChI=1S/C35H31N2OSi/c1-23-12-18-29-30-19-17-27(22-36)33(35(30)38-34(29)32(23)31-11-6-7-20-37(31)2)25-15-13-24(14-16-25)26-9-8-10-28(21-26)39(3,4)5/h6-21H,1-5H3/q+1/i20D. The van der Waals surface area contributed by atoms with E-state index in [1.807, 2.05) is 35.9 Å². The van der Waals surface area contributed by atoms with Crippen molar-refractivity contribution in [3.05, 3.63) is 108 Å². The second-order valence-corrected chi connectivity index (χ2v) is 16.3. The van der Waals surface area contributed by atoms with E-state index in [0.29, 0.717) is 17.3 Å². The number of fused-ring (bicyclic) bond motifs is 3. The molecule has 0 aliphatic rings. The zero-order valence-corrected chi connectivity index (χ0v) is 24.0. The predicted octanol–water partition coefficient (Wildman–Crippen LogP) is 8.14. The van der Waals surface area contributed by atoms with Crippen LogP contribution >= 0.6 is 0 Å². The molecule has 0 N–H and O–H groups in total. The van der Waals surface area contributed by atoms with Crippen molar-refractivity contribution in [2.45, 2.75) is 26.6 Å². The minimum Gasteiger partial charge on any atom is -0.454 e. The van der Waals surface area contributed by atoms with Crippen molar-refractivity contribution in [2.24, 2.45) is 7.05 Å². The highest BCUT2D eigenvalue weighted by Crippen LogP contribution is 2.42. The fraction of sp³-hybridized carbons (Fsp3) is 0.143. The van der Waals surface area contributed by atoms with Gasteiger partial charge in [-0.25, -0.2) is 4.57 Å². The second-order valence-electron chi connectivity index (χ2n) is 11.2. The Balaban J connectivity index is 1.55. The van der Waals surface area contributed by atoms with E-state index in [-0.39, 0.29) is 0 Å². The molecule has 0 saturated heterocycles. The molecule has 0 aliphatic heterocycles. The van der Waals surface area contributed by atoms with Crippen molar-refractivity contribution in [3.8, 4) is 39.6 Å². The number of aromatic nitrogens is 1. The molecule has 190 valence electrons. The van der Waals surface area contributed by atoms with Gasteiger partial charge in [0.15, 0.2) is 6.17 Å². The van der Waals surface area contributed by atoms with E-state index < -0.39 is 8.07 Å². The Bertz CT molecular complexity index is 1970. The zero-order chi connectivity index (χ0) is 28.2. The average molecular weight is 525 g/mol. The number of aryl methyl sites for hydroxylation is 1. The van der Waals surface area contributed by atoms with Crippen molar-refractivity contribution >= 4 is 35.2 Å². The molecular formula is C35H31N2OSi+. The molecule has 0 aliphatic carbocycles. The lowest BCUT2D eigenvalue weighted by molar-refractivity contribution is -0.660. The highest BCUT2D eigenvalue weighted by molar-refractivity contribution is 6.88. The van der Waals surface area contributed by atoms with E-state index in [1.54, 1.807) is 6.07 Å². The number of rotatable bonds is 4. The zero-order valence-electron chi connectivity index (χ0n) is 24.0. The molecule has 0 radical (unpaired) electrons. The Labute approximate surface area is 232 Å². The molecule has 39 heavy (non-hydrogen) atoms. The van der Waals surface area contributed by atoms with Crippen molar-refractivity contribution in [3.63, 3.8) is 0 Å². The Morgan fingerprint density at radius 3 is 2.18 bits per heavy atom. The molecule has 2 heterocycles. The number of benzene rings is 4. The number of hydrogen-bond acceptors (Lipinski definition) is 2. The van der Waals surface area contributed by atoms with Crippen LogP contribution in [-0.4, -0.2) is 8.07 Å². The first-order valence-electron chi connectivity index (χ1n) is 13.7. The summed E-state index contributed by atoms with van der Waals surface area (Å²) in [6.45, 7) is 9.16. The van der Waals surface area contributed by atoms with E-state index in [1.165, 1.54) is 10.8 Å². The molecule has 4 heteroatoms. The summed E-state index contributed by atoms with van der Waals surface area (Å²) in [6, 6.07) is 33.5. The van der Waals surface area contributed by atoms with Gasteiger partial charge in [0.25, 0.3) is 0 Å². The third kappa shape index (κ3) is 4.26. The Hall–Kier alpha value is -4.46. The van der Waals surface area contributed by atoms with Crippen LogP contribution in [0.5, 0.6) is 0 Å². The van der Waals surface area contributed by atoms with Gasteiger partial charge in [-0.15, -0.1) is 0 Å². The topological polar surface area (TPSA) is 40.8 Å². The van der Waals surface area contributed by atoms with Crippen molar-refractivity contribution in [2.75, 3.05) is 0 Å². The SMILES string of the molecule is [2H]c1cccc(-c2c(C)ccc3c2oc2c(-c4ccc(-c5cccc([Si](C)(C)C)c5)cc4)c(C#N)ccc23)[n+]1C. The van der Waals surface area contributed by atoms with Gasteiger partial charge in [0, 0.05) is 28.5 Å². The first kappa shape index (κ1) is 23.6. The van der Waals surface area contributed by atoms with Gasteiger partial charge in [0.05, 0.1) is 25.3 Å². The van der Waals surface area contributed by atoms with Crippen LogP contribution in [0.1, 0.15) is 12.5 Å². The third-order valence-corrected chi connectivity index (χ3v) is 9.65. The monoisotopic (exact) mass is 524 g/mol. The van der Waals surface area contributed by atoms with Crippen LogP contribution in [0.15, 0.2) is 102 Å². The van der Waals surface area contributed by atoms with E-state index in [4.69, 9.17) is 5.79 Å². The Morgan fingerprint density at radius 1 is 0.769 bits per heavy atom. The quantitative estimate of drug-likeness (QED) is 0.172. The van der Waals surface area contributed by atoms with Crippen molar-refractivity contribution in [1.29, 1.82) is 5.26 Å². The van der Waals surface area contributed by atoms with Gasteiger partial charge in [-0.2, -0.15) is 5.26 Å². The molecule has 3 nitrogen and oxygen atoms in total. The molecule has 0 bridgehead atoms. The summed E-state index contributed by atoms with van der Waals surface area (Å²) in [7, 11) is 0.480. The average Bonchev–Trinajstić information content (AvgIpc) is 3.32. The number of hydrogen-bond donors (Lipinski definition) is 0. The van der Waals surface area contributed by atoms with Gasteiger partial charge in [-0.3, -0.25) is 0 Å². The summed E-state index contributed by atoms with van der Waals surface area (Å²) in [4.78, 5) is 0. The molecule has 0 amide bonds. The van der Waals surface area contributed by atoms with Crippen LogP contribution in [0, 0.1) is 18.3 Å². The Kier molecular flexibility index (Phi) is 5.68. The predicted molar refractivity (Wildman–Crippen MR) is 164 cm³/mol. The van der Waals surface area contributed by atoms with Gasteiger partial charge < -0.3 is 4.42 Å². The summed E-state index contributed by atoms with van der Waals surface area (Å²) >= 11 is 0.